The van der Waals surface area contributed by atoms with Crippen LogP contribution in [0.25, 0.3) is 16.9 Å². The molecule has 0 spiro atoms. The van der Waals surface area contributed by atoms with Crippen molar-refractivity contribution < 1.29 is 4.79 Å². The molecule has 3 aromatic heterocycles. The van der Waals surface area contributed by atoms with Crippen LogP contribution in [0.2, 0.25) is 0 Å². The molecular weight excluding hydrogens is 312 g/mol. The summed E-state index contributed by atoms with van der Waals surface area (Å²) in [6.07, 6.45) is 7.12. The largest absolute Gasteiger partial charge is 0.351 e. The van der Waals surface area contributed by atoms with Crippen molar-refractivity contribution in [1.82, 2.24) is 19.3 Å². The fourth-order valence-corrected chi connectivity index (χ4v) is 2.77. The average molecular weight is 338 g/mol. The summed E-state index contributed by atoms with van der Waals surface area (Å²) in [7, 11) is 0. The third kappa shape index (κ3) is 3.45. The molecule has 0 fully saturated rings. The van der Waals surface area contributed by atoms with Gasteiger partial charge in [-0.3, -0.25) is 9.20 Å². The van der Waals surface area contributed by atoms with Gasteiger partial charge in [0.05, 0.1) is 5.52 Å². The van der Waals surface area contributed by atoms with E-state index in [2.05, 4.69) is 48.8 Å². The second-order valence-electron chi connectivity index (χ2n) is 6.90. The quantitative estimate of drug-likeness (QED) is 0.734. The molecule has 0 aliphatic carbocycles. The van der Waals surface area contributed by atoms with Gasteiger partial charge in [-0.2, -0.15) is 0 Å². The molecule has 0 aromatic carbocycles. The zero-order valence-electron chi connectivity index (χ0n) is 15.4. The van der Waals surface area contributed by atoms with Crippen LogP contribution in [0.4, 0.5) is 0 Å². The van der Waals surface area contributed by atoms with E-state index in [0.29, 0.717) is 24.2 Å². The molecule has 0 saturated carbocycles. The predicted molar refractivity (Wildman–Crippen MR) is 101 cm³/mol. The molecule has 0 aliphatic heterocycles. The molecule has 3 aromatic rings. The zero-order valence-corrected chi connectivity index (χ0v) is 15.4. The summed E-state index contributed by atoms with van der Waals surface area (Å²) in [4.78, 5) is 17.3. The summed E-state index contributed by atoms with van der Waals surface area (Å²) in [6, 6.07) is 8.26. The Balaban J connectivity index is 1.99. The van der Waals surface area contributed by atoms with Crippen molar-refractivity contribution in [3.05, 3.63) is 48.5 Å². The lowest BCUT2D eigenvalue weighted by molar-refractivity contribution is 0.0945. The Morgan fingerprint density at radius 3 is 2.68 bits per heavy atom. The summed E-state index contributed by atoms with van der Waals surface area (Å²) >= 11 is 0. The maximum Gasteiger partial charge on any atom is 0.272 e. The molecule has 132 valence electrons. The van der Waals surface area contributed by atoms with Crippen LogP contribution in [0.15, 0.2) is 42.9 Å². The lowest BCUT2D eigenvalue weighted by atomic mass is 10.1. The van der Waals surface area contributed by atoms with Crippen LogP contribution in [0, 0.1) is 5.92 Å². The Labute approximate surface area is 148 Å². The van der Waals surface area contributed by atoms with Crippen molar-refractivity contribution >= 4 is 11.4 Å². The van der Waals surface area contributed by atoms with Gasteiger partial charge in [-0.05, 0) is 38.0 Å². The Bertz CT molecular complexity index is 875. The normalized spacial score (nSPS) is 12.7. The number of amides is 1. The van der Waals surface area contributed by atoms with Gasteiger partial charge < -0.3 is 9.88 Å². The van der Waals surface area contributed by atoms with Crippen LogP contribution in [0.1, 0.15) is 50.6 Å². The number of rotatable bonds is 6. The lowest BCUT2D eigenvalue weighted by Gasteiger charge is -2.08. The van der Waals surface area contributed by atoms with Gasteiger partial charge >= 0.3 is 0 Å². The van der Waals surface area contributed by atoms with Crippen molar-refractivity contribution in [3.63, 3.8) is 0 Å². The van der Waals surface area contributed by atoms with E-state index in [9.17, 15) is 4.79 Å². The van der Waals surface area contributed by atoms with Crippen molar-refractivity contribution in [2.75, 3.05) is 6.54 Å². The number of nitrogens with zero attached hydrogens (tertiary/aromatic N) is 3. The molecule has 0 radical (unpaired) electrons. The number of aromatic nitrogens is 3. The van der Waals surface area contributed by atoms with Gasteiger partial charge in [0, 0.05) is 36.7 Å². The highest BCUT2D eigenvalue weighted by Gasteiger charge is 2.19. The average Bonchev–Trinajstić information content (AvgIpc) is 3.24. The number of hydrogen-bond donors (Lipinski definition) is 1. The maximum atomic E-state index is 12.6. The summed E-state index contributed by atoms with van der Waals surface area (Å²) in [6.45, 7) is 9.20. The lowest BCUT2D eigenvalue weighted by Crippen LogP contribution is -2.28. The van der Waals surface area contributed by atoms with Crippen molar-refractivity contribution in [2.45, 2.75) is 40.2 Å². The summed E-state index contributed by atoms with van der Waals surface area (Å²) < 4.78 is 4.13. The minimum Gasteiger partial charge on any atom is -0.351 e. The second kappa shape index (κ2) is 7.13. The Kier molecular flexibility index (Phi) is 4.93. The van der Waals surface area contributed by atoms with E-state index in [4.69, 9.17) is 0 Å². The van der Waals surface area contributed by atoms with Gasteiger partial charge in [0.25, 0.3) is 5.91 Å². The summed E-state index contributed by atoms with van der Waals surface area (Å²) in [5.41, 5.74) is 2.32. The second-order valence-corrected chi connectivity index (χ2v) is 6.90. The molecule has 25 heavy (non-hydrogen) atoms. The molecule has 0 bridgehead atoms. The molecular formula is C20H26N4O. The monoisotopic (exact) mass is 338 g/mol. The molecule has 3 rings (SSSR count). The molecule has 1 N–H and O–H groups in total. The smallest absolute Gasteiger partial charge is 0.272 e. The molecule has 1 atom stereocenters. The van der Waals surface area contributed by atoms with E-state index in [0.717, 1.165) is 23.3 Å². The fraction of sp³-hybridized carbons (Fsp3) is 0.400. The number of imidazole rings is 1. The predicted octanol–water partition coefficient (Wildman–Crippen LogP) is 4.16. The van der Waals surface area contributed by atoms with Crippen molar-refractivity contribution in [2.24, 2.45) is 5.92 Å². The first-order chi connectivity index (χ1) is 12.0. The first kappa shape index (κ1) is 17.3. The highest BCUT2D eigenvalue weighted by Crippen LogP contribution is 2.24. The van der Waals surface area contributed by atoms with E-state index in [-0.39, 0.29) is 5.91 Å². The number of fused-ring (bicyclic) bond motifs is 1. The van der Waals surface area contributed by atoms with Crippen LogP contribution in [0.5, 0.6) is 0 Å². The van der Waals surface area contributed by atoms with Crippen LogP contribution >= 0.6 is 0 Å². The van der Waals surface area contributed by atoms with Crippen molar-refractivity contribution in [1.29, 1.82) is 0 Å². The van der Waals surface area contributed by atoms with E-state index >= 15 is 0 Å². The number of pyridine rings is 1. The number of carbonyl (C=O) groups is 1. The standard InChI is InChI=1S/C20H26N4O/c1-5-15(4)12-21-20(25)18-17-8-6-7-10-24(17)19(22-18)16-9-11-23(13-16)14(2)3/h6-11,13-15H,5,12H2,1-4H3,(H,21,25)/t15-/m0/s1. The van der Waals surface area contributed by atoms with E-state index in [1.807, 2.05) is 41.1 Å². The van der Waals surface area contributed by atoms with Gasteiger partial charge in [-0.15, -0.1) is 0 Å². The number of nitrogens with one attached hydrogen (secondary N) is 1. The Morgan fingerprint density at radius 2 is 2.00 bits per heavy atom. The summed E-state index contributed by atoms with van der Waals surface area (Å²) in [5, 5.41) is 3.01. The van der Waals surface area contributed by atoms with E-state index < -0.39 is 0 Å². The first-order valence-corrected chi connectivity index (χ1v) is 8.94. The minimum absolute atomic E-state index is 0.112. The van der Waals surface area contributed by atoms with Gasteiger partial charge in [-0.1, -0.05) is 26.3 Å². The molecule has 1 amide bonds. The van der Waals surface area contributed by atoms with E-state index in [1.165, 1.54) is 0 Å². The fourth-order valence-electron chi connectivity index (χ4n) is 2.77. The van der Waals surface area contributed by atoms with Gasteiger partial charge in [0.1, 0.15) is 5.82 Å². The minimum atomic E-state index is -0.112. The molecule has 3 heterocycles. The highest BCUT2D eigenvalue weighted by atomic mass is 16.1. The highest BCUT2D eigenvalue weighted by molar-refractivity contribution is 6.00. The zero-order chi connectivity index (χ0) is 18.0. The third-order valence-electron chi connectivity index (χ3n) is 4.64. The number of carbonyl (C=O) groups excluding carboxylic acids is 1. The SMILES string of the molecule is CC[C@H](C)CNC(=O)c1nc(-c2ccn(C(C)C)c2)n2ccccc12. The van der Waals surface area contributed by atoms with E-state index in [1.54, 1.807) is 0 Å². The van der Waals surface area contributed by atoms with Crippen molar-refractivity contribution in [3.8, 4) is 11.4 Å². The number of hydrogen-bond acceptors (Lipinski definition) is 2. The molecule has 5 nitrogen and oxygen atoms in total. The van der Waals surface area contributed by atoms with Gasteiger partial charge in [0.15, 0.2) is 5.69 Å². The van der Waals surface area contributed by atoms with Gasteiger partial charge in [0.2, 0.25) is 0 Å². The first-order valence-electron chi connectivity index (χ1n) is 8.94. The molecule has 5 heteroatoms. The van der Waals surface area contributed by atoms with Crippen LogP contribution < -0.4 is 5.32 Å². The Morgan fingerprint density at radius 1 is 1.20 bits per heavy atom. The third-order valence-corrected chi connectivity index (χ3v) is 4.64. The molecule has 0 saturated heterocycles. The molecule has 0 aliphatic rings. The van der Waals surface area contributed by atoms with Crippen LogP contribution in [0.3, 0.4) is 0 Å². The summed E-state index contributed by atoms with van der Waals surface area (Å²) in [5.74, 6) is 1.14. The molecule has 0 unspecified atom stereocenters. The maximum absolute atomic E-state index is 12.6. The van der Waals surface area contributed by atoms with Crippen LogP contribution in [-0.2, 0) is 0 Å². The van der Waals surface area contributed by atoms with Crippen LogP contribution in [-0.4, -0.2) is 26.4 Å². The Hall–Kier alpha value is -2.56. The van der Waals surface area contributed by atoms with Gasteiger partial charge in [-0.25, -0.2) is 4.98 Å². The topological polar surface area (TPSA) is 51.3 Å².